The number of benzene rings is 3. The average molecular weight is 418 g/mol. The third-order valence-corrected chi connectivity index (χ3v) is 4.70. The Morgan fingerprint density at radius 3 is 2.45 bits per heavy atom. The monoisotopic (exact) mass is 418 g/mol. The first kappa shape index (κ1) is 22.1. The number of hydrogen-bond donors (Lipinski definition) is 2. The van der Waals surface area contributed by atoms with Crippen molar-refractivity contribution in [2.45, 2.75) is 13.5 Å². The lowest BCUT2D eigenvalue weighted by Gasteiger charge is -2.23. The maximum atomic E-state index is 13.1. The topological polar surface area (TPSA) is 78.9 Å². The van der Waals surface area contributed by atoms with Gasteiger partial charge in [-0.3, -0.25) is 4.79 Å². The highest BCUT2D eigenvalue weighted by Crippen LogP contribution is 2.20. The maximum absolute atomic E-state index is 13.1. The lowest BCUT2D eigenvalue weighted by atomic mass is 10.1. The van der Waals surface area contributed by atoms with E-state index in [-0.39, 0.29) is 19.1 Å². The molecule has 160 valence electrons. The zero-order chi connectivity index (χ0) is 22.1. The lowest BCUT2D eigenvalue weighted by molar-refractivity contribution is -0.121. The maximum Gasteiger partial charge on any atom is 0.340 e. The number of nitrogens with zero attached hydrogens (tertiary/aromatic N) is 1. The van der Waals surface area contributed by atoms with Crippen LogP contribution in [0.15, 0.2) is 78.9 Å². The average Bonchev–Trinajstić information content (AvgIpc) is 2.80. The van der Waals surface area contributed by atoms with E-state index in [2.05, 4.69) is 5.32 Å². The molecule has 0 fully saturated rings. The SMILES string of the molecule is Cc1cccc(N(Cc2ccccc2)C(=O)COC(=O)c2ccccc2NCCO)c1. The molecule has 0 aliphatic carbocycles. The molecular weight excluding hydrogens is 392 g/mol. The summed E-state index contributed by atoms with van der Waals surface area (Å²) in [6, 6.07) is 24.2. The summed E-state index contributed by atoms with van der Waals surface area (Å²) in [6.45, 7) is 2.20. The number of aliphatic hydroxyl groups is 1. The highest BCUT2D eigenvalue weighted by atomic mass is 16.5. The van der Waals surface area contributed by atoms with Crippen molar-refractivity contribution in [3.05, 3.63) is 95.6 Å². The summed E-state index contributed by atoms with van der Waals surface area (Å²) in [4.78, 5) is 27.3. The molecule has 0 aliphatic rings. The fraction of sp³-hybridized carbons (Fsp3) is 0.200. The second kappa shape index (κ2) is 10.9. The third-order valence-electron chi connectivity index (χ3n) is 4.70. The van der Waals surface area contributed by atoms with Gasteiger partial charge in [0.2, 0.25) is 0 Å². The Balaban J connectivity index is 1.74. The molecule has 3 aromatic carbocycles. The first-order valence-corrected chi connectivity index (χ1v) is 10.1. The van der Waals surface area contributed by atoms with Crippen molar-refractivity contribution < 1.29 is 19.4 Å². The predicted octanol–water partition coefficient (Wildman–Crippen LogP) is 3.79. The second-order valence-corrected chi connectivity index (χ2v) is 7.08. The van der Waals surface area contributed by atoms with Gasteiger partial charge in [0.15, 0.2) is 6.61 Å². The van der Waals surface area contributed by atoms with E-state index in [1.165, 1.54) is 0 Å². The van der Waals surface area contributed by atoms with Crippen molar-refractivity contribution in [3.8, 4) is 0 Å². The van der Waals surface area contributed by atoms with Gasteiger partial charge in [-0.15, -0.1) is 0 Å². The first-order valence-electron chi connectivity index (χ1n) is 10.1. The van der Waals surface area contributed by atoms with Crippen molar-refractivity contribution >= 4 is 23.3 Å². The van der Waals surface area contributed by atoms with Gasteiger partial charge in [-0.1, -0.05) is 54.6 Å². The van der Waals surface area contributed by atoms with Crippen LogP contribution in [-0.4, -0.2) is 36.7 Å². The summed E-state index contributed by atoms with van der Waals surface area (Å²) in [6.07, 6.45) is 0. The quantitative estimate of drug-likeness (QED) is 0.517. The zero-order valence-corrected chi connectivity index (χ0v) is 17.5. The van der Waals surface area contributed by atoms with Crippen LogP contribution in [0.1, 0.15) is 21.5 Å². The number of carbonyl (C=O) groups is 2. The van der Waals surface area contributed by atoms with Crippen LogP contribution < -0.4 is 10.2 Å². The van der Waals surface area contributed by atoms with Crippen molar-refractivity contribution in [1.29, 1.82) is 0 Å². The molecule has 0 aliphatic heterocycles. The molecule has 0 spiro atoms. The van der Waals surface area contributed by atoms with E-state index in [4.69, 9.17) is 9.84 Å². The lowest BCUT2D eigenvalue weighted by Crippen LogP contribution is -2.34. The molecule has 0 bridgehead atoms. The molecule has 0 radical (unpaired) electrons. The molecule has 3 aromatic rings. The van der Waals surface area contributed by atoms with Gasteiger partial charge in [-0.2, -0.15) is 0 Å². The number of carbonyl (C=O) groups excluding carboxylic acids is 2. The van der Waals surface area contributed by atoms with Crippen LogP contribution in [0.4, 0.5) is 11.4 Å². The molecule has 0 saturated heterocycles. The Morgan fingerprint density at radius 2 is 1.71 bits per heavy atom. The Hall–Kier alpha value is -3.64. The molecule has 0 saturated carbocycles. The summed E-state index contributed by atoms with van der Waals surface area (Å²) >= 11 is 0. The van der Waals surface area contributed by atoms with Gasteiger partial charge in [-0.25, -0.2) is 4.79 Å². The Bertz CT molecular complexity index is 1020. The van der Waals surface area contributed by atoms with Gasteiger partial charge < -0.3 is 20.1 Å². The van der Waals surface area contributed by atoms with Gasteiger partial charge in [0.1, 0.15) is 0 Å². The van der Waals surface area contributed by atoms with E-state index >= 15 is 0 Å². The fourth-order valence-electron chi connectivity index (χ4n) is 3.17. The highest BCUT2D eigenvalue weighted by Gasteiger charge is 2.20. The number of anilines is 2. The molecule has 0 atom stereocenters. The van der Waals surface area contributed by atoms with Crippen molar-refractivity contribution in [1.82, 2.24) is 0 Å². The minimum atomic E-state index is -0.599. The number of aliphatic hydroxyl groups excluding tert-OH is 1. The molecule has 1 amide bonds. The number of rotatable bonds is 9. The van der Waals surface area contributed by atoms with Crippen LogP contribution in [0.3, 0.4) is 0 Å². The molecule has 0 unspecified atom stereocenters. The minimum Gasteiger partial charge on any atom is -0.452 e. The number of para-hydroxylation sites is 1. The standard InChI is InChI=1S/C25H26N2O4/c1-19-8-7-11-21(16-19)27(17-20-9-3-2-4-10-20)24(29)18-31-25(30)22-12-5-6-13-23(22)26-14-15-28/h2-13,16,26,28H,14-15,17-18H2,1H3. The minimum absolute atomic E-state index is 0.0627. The van der Waals surface area contributed by atoms with Gasteiger partial charge in [0.05, 0.1) is 18.7 Å². The Morgan fingerprint density at radius 1 is 0.968 bits per heavy atom. The molecule has 2 N–H and O–H groups in total. The first-order chi connectivity index (χ1) is 15.1. The van der Waals surface area contributed by atoms with Crippen LogP contribution >= 0.6 is 0 Å². The van der Waals surface area contributed by atoms with E-state index in [0.29, 0.717) is 24.3 Å². The number of nitrogens with one attached hydrogen (secondary N) is 1. The number of esters is 1. The van der Waals surface area contributed by atoms with E-state index < -0.39 is 5.97 Å². The van der Waals surface area contributed by atoms with Crippen molar-refractivity contribution in [2.24, 2.45) is 0 Å². The van der Waals surface area contributed by atoms with Crippen LogP contribution in [-0.2, 0) is 16.1 Å². The van der Waals surface area contributed by atoms with Crippen LogP contribution in [0.2, 0.25) is 0 Å². The zero-order valence-electron chi connectivity index (χ0n) is 17.5. The molecule has 0 aromatic heterocycles. The van der Waals surface area contributed by atoms with Gasteiger partial charge in [0.25, 0.3) is 5.91 Å². The summed E-state index contributed by atoms with van der Waals surface area (Å²) < 4.78 is 5.35. The van der Waals surface area contributed by atoms with Gasteiger partial charge in [0, 0.05) is 17.9 Å². The Kier molecular flexibility index (Phi) is 7.79. The highest BCUT2D eigenvalue weighted by molar-refractivity contribution is 5.99. The Labute approximate surface area is 182 Å². The molecule has 6 heteroatoms. The van der Waals surface area contributed by atoms with E-state index in [9.17, 15) is 9.59 Å². The van der Waals surface area contributed by atoms with Gasteiger partial charge >= 0.3 is 5.97 Å². The van der Waals surface area contributed by atoms with Crippen LogP contribution in [0.25, 0.3) is 0 Å². The number of aryl methyl sites for hydroxylation is 1. The number of hydrogen-bond acceptors (Lipinski definition) is 5. The second-order valence-electron chi connectivity index (χ2n) is 7.08. The number of amides is 1. The van der Waals surface area contributed by atoms with E-state index in [1.54, 1.807) is 29.2 Å². The molecule has 3 rings (SSSR count). The summed E-state index contributed by atoms with van der Waals surface area (Å²) in [7, 11) is 0. The smallest absolute Gasteiger partial charge is 0.340 e. The fourth-order valence-corrected chi connectivity index (χ4v) is 3.17. The molecule has 31 heavy (non-hydrogen) atoms. The molecule has 0 heterocycles. The van der Waals surface area contributed by atoms with E-state index in [0.717, 1.165) is 16.8 Å². The summed E-state index contributed by atoms with van der Waals surface area (Å²) in [5.41, 5.74) is 3.61. The van der Waals surface area contributed by atoms with Crippen molar-refractivity contribution in [3.63, 3.8) is 0 Å². The van der Waals surface area contributed by atoms with Crippen molar-refractivity contribution in [2.75, 3.05) is 30.0 Å². The molecule has 6 nitrogen and oxygen atoms in total. The largest absolute Gasteiger partial charge is 0.452 e. The third kappa shape index (κ3) is 6.17. The normalized spacial score (nSPS) is 10.4. The summed E-state index contributed by atoms with van der Waals surface area (Å²) in [5.74, 6) is -0.915. The predicted molar refractivity (Wildman–Crippen MR) is 121 cm³/mol. The van der Waals surface area contributed by atoms with Crippen LogP contribution in [0, 0.1) is 6.92 Å². The summed E-state index contributed by atoms with van der Waals surface area (Å²) in [5, 5.41) is 12.0. The number of ether oxygens (including phenoxy) is 1. The van der Waals surface area contributed by atoms with E-state index in [1.807, 2.05) is 61.5 Å². The molecular formula is C25H26N2O4. The van der Waals surface area contributed by atoms with Crippen LogP contribution in [0.5, 0.6) is 0 Å². The van der Waals surface area contributed by atoms with Gasteiger partial charge in [-0.05, 0) is 42.3 Å².